The quantitative estimate of drug-likeness (QED) is 0.755. The highest BCUT2D eigenvalue weighted by molar-refractivity contribution is 5.39. The fourth-order valence-corrected chi connectivity index (χ4v) is 1.26. The van der Waals surface area contributed by atoms with Crippen molar-refractivity contribution in [2.45, 2.75) is 26.8 Å². The topological polar surface area (TPSA) is 41.5 Å². The molecule has 84 valence electrons. The highest BCUT2D eigenvalue weighted by atomic mass is 16.5. The van der Waals surface area contributed by atoms with Crippen LogP contribution in [0.25, 0.3) is 0 Å². The summed E-state index contributed by atoms with van der Waals surface area (Å²) in [6.07, 6.45) is 0.972. The molecule has 0 aliphatic heterocycles. The van der Waals surface area contributed by atoms with Gasteiger partial charge in [0, 0.05) is 18.2 Å². The van der Waals surface area contributed by atoms with E-state index in [9.17, 15) is 5.11 Å². The highest BCUT2D eigenvalue weighted by Crippen LogP contribution is 2.23. The molecule has 0 aliphatic rings. The standard InChI is InChI=1S/C12H19NO2/c1-3-7-15-11-6-5-10(9-13-4-2)12(14)8-11/h5-6,8,13-14H,3-4,7,9H2,1-2H3. The molecule has 0 spiro atoms. The Labute approximate surface area is 91.1 Å². The average molecular weight is 209 g/mol. The predicted molar refractivity (Wildman–Crippen MR) is 61.3 cm³/mol. The van der Waals surface area contributed by atoms with Crippen LogP contribution in [-0.2, 0) is 6.54 Å². The van der Waals surface area contributed by atoms with Crippen molar-refractivity contribution >= 4 is 0 Å². The lowest BCUT2D eigenvalue weighted by atomic mass is 10.2. The van der Waals surface area contributed by atoms with Gasteiger partial charge in [-0.2, -0.15) is 0 Å². The van der Waals surface area contributed by atoms with Gasteiger partial charge in [0.25, 0.3) is 0 Å². The molecule has 0 heterocycles. The lowest BCUT2D eigenvalue weighted by Gasteiger charge is -2.08. The average Bonchev–Trinajstić information content (AvgIpc) is 2.25. The van der Waals surface area contributed by atoms with Gasteiger partial charge in [0.2, 0.25) is 0 Å². The minimum atomic E-state index is 0.296. The first-order valence-electron chi connectivity index (χ1n) is 5.43. The second-order valence-electron chi connectivity index (χ2n) is 3.42. The number of aromatic hydroxyl groups is 1. The minimum absolute atomic E-state index is 0.296. The molecule has 0 atom stereocenters. The predicted octanol–water partition coefficient (Wildman–Crippen LogP) is 2.29. The zero-order chi connectivity index (χ0) is 11.1. The molecule has 0 saturated carbocycles. The molecular formula is C12H19NO2. The van der Waals surface area contributed by atoms with Crippen molar-refractivity contribution in [1.29, 1.82) is 0 Å². The number of hydrogen-bond donors (Lipinski definition) is 2. The zero-order valence-electron chi connectivity index (χ0n) is 9.42. The maximum atomic E-state index is 9.70. The third-order valence-corrected chi connectivity index (χ3v) is 2.10. The summed E-state index contributed by atoms with van der Waals surface area (Å²) in [5.41, 5.74) is 0.903. The van der Waals surface area contributed by atoms with E-state index in [4.69, 9.17) is 4.74 Å². The van der Waals surface area contributed by atoms with Crippen LogP contribution in [0, 0.1) is 0 Å². The van der Waals surface area contributed by atoms with E-state index in [2.05, 4.69) is 12.2 Å². The Balaban J connectivity index is 2.61. The first-order chi connectivity index (χ1) is 7.27. The fourth-order valence-electron chi connectivity index (χ4n) is 1.26. The molecule has 2 N–H and O–H groups in total. The van der Waals surface area contributed by atoms with Crippen LogP contribution in [0.4, 0.5) is 0 Å². The molecule has 0 aliphatic carbocycles. The van der Waals surface area contributed by atoms with Crippen molar-refractivity contribution in [2.24, 2.45) is 0 Å². The van der Waals surface area contributed by atoms with Gasteiger partial charge >= 0.3 is 0 Å². The van der Waals surface area contributed by atoms with Crippen LogP contribution in [0.3, 0.4) is 0 Å². The summed E-state index contributed by atoms with van der Waals surface area (Å²) in [6, 6.07) is 5.45. The van der Waals surface area contributed by atoms with Gasteiger partial charge in [-0.1, -0.05) is 19.9 Å². The van der Waals surface area contributed by atoms with Gasteiger partial charge in [-0.05, 0) is 19.0 Å². The first kappa shape index (κ1) is 11.9. The van der Waals surface area contributed by atoms with Crippen LogP contribution < -0.4 is 10.1 Å². The number of phenolic OH excluding ortho intramolecular Hbond substituents is 1. The molecule has 1 rings (SSSR count). The largest absolute Gasteiger partial charge is 0.507 e. The van der Waals surface area contributed by atoms with E-state index in [1.807, 2.05) is 19.1 Å². The Bertz CT molecular complexity index is 300. The maximum absolute atomic E-state index is 9.70. The van der Waals surface area contributed by atoms with Crippen LogP contribution in [0.5, 0.6) is 11.5 Å². The van der Waals surface area contributed by atoms with Crippen molar-refractivity contribution in [1.82, 2.24) is 5.32 Å². The molecule has 15 heavy (non-hydrogen) atoms. The molecule has 3 nitrogen and oxygen atoms in total. The Morgan fingerprint density at radius 1 is 1.33 bits per heavy atom. The van der Waals surface area contributed by atoms with Gasteiger partial charge in [-0.3, -0.25) is 0 Å². The van der Waals surface area contributed by atoms with Crippen LogP contribution >= 0.6 is 0 Å². The monoisotopic (exact) mass is 209 g/mol. The summed E-state index contributed by atoms with van der Waals surface area (Å²) in [5.74, 6) is 1.03. The molecule has 0 unspecified atom stereocenters. The molecule has 1 aromatic carbocycles. The number of nitrogens with one attached hydrogen (secondary N) is 1. The Hall–Kier alpha value is -1.22. The lowest BCUT2D eigenvalue weighted by Crippen LogP contribution is -2.11. The number of rotatable bonds is 6. The maximum Gasteiger partial charge on any atom is 0.123 e. The summed E-state index contributed by atoms with van der Waals surface area (Å²) in [7, 11) is 0. The summed E-state index contributed by atoms with van der Waals surface area (Å²) in [5, 5.41) is 12.9. The van der Waals surface area contributed by atoms with Crippen LogP contribution in [0.2, 0.25) is 0 Å². The number of hydrogen-bond acceptors (Lipinski definition) is 3. The van der Waals surface area contributed by atoms with Crippen molar-refractivity contribution < 1.29 is 9.84 Å². The van der Waals surface area contributed by atoms with E-state index in [1.165, 1.54) is 0 Å². The van der Waals surface area contributed by atoms with E-state index in [0.29, 0.717) is 18.9 Å². The van der Waals surface area contributed by atoms with Crippen LogP contribution in [-0.4, -0.2) is 18.3 Å². The molecule has 0 bridgehead atoms. The number of ether oxygens (including phenoxy) is 1. The van der Waals surface area contributed by atoms with Gasteiger partial charge in [-0.15, -0.1) is 0 Å². The summed E-state index contributed by atoms with van der Waals surface area (Å²) in [6.45, 7) is 6.37. The highest BCUT2D eigenvalue weighted by Gasteiger charge is 2.02. The van der Waals surface area contributed by atoms with E-state index >= 15 is 0 Å². The number of phenols is 1. The summed E-state index contributed by atoms with van der Waals surface area (Å²) < 4.78 is 5.42. The SMILES string of the molecule is CCCOc1ccc(CNCC)c(O)c1. The van der Waals surface area contributed by atoms with Crippen molar-refractivity contribution in [3.63, 3.8) is 0 Å². The second kappa shape index (κ2) is 6.30. The van der Waals surface area contributed by atoms with E-state index in [-0.39, 0.29) is 0 Å². The lowest BCUT2D eigenvalue weighted by molar-refractivity contribution is 0.315. The first-order valence-corrected chi connectivity index (χ1v) is 5.43. The second-order valence-corrected chi connectivity index (χ2v) is 3.42. The smallest absolute Gasteiger partial charge is 0.123 e. The third kappa shape index (κ3) is 3.80. The molecular weight excluding hydrogens is 190 g/mol. The minimum Gasteiger partial charge on any atom is -0.507 e. The molecule has 0 aromatic heterocycles. The van der Waals surface area contributed by atoms with E-state index < -0.39 is 0 Å². The third-order valence-electron chi connectivity index (χ3n) is 2.10. The molecule has 1 aromatic rings. The molecule has 0 fully saturated rings. The van der Waals surface area contributed by atoms with Gasteiger partial charge < -0.3 is 15.2 Å². The fraction of sp³-hybridized carbons (Fsp3) is 0.500. The normalized spacial score (nSPS) is 10.3. The number of benzene rings is 1. The zero-order valence-corrected chi connectivity index (χ0v) is 9.42. The molecule has 0 radical (unpaired) electrons. The van der Waals surface area contributed by atoms with Crippen molar-refractivity contribution in [3.05, 3.63) is 23.8 Å². The van der Waals surface area contributed by atoms with Gasteiger partial charge in [-0.25, -0.2) is 0 Å². The van der Waals surface area contributed by atoms with Gasteiger partial charge in [0.1, 0.15) is 11.5 Å². The summed E-state index contributed by atoms with van der Waals surface area (Å²) in [4.78, 5) is 0. The Morgan fingerprint density at radius 3 is 2.73 bits per heavy atom. The molecule has 3 heteroatoms. The van der Waals surface area contributed by atoms with Gasteiger partial charge in [0.15, 0.2) is 0 Å². The van der Waals surface area contributed by atoms with Crippen molar-refractivity contribution in [2.75, 3.05) is 13.2 Å². The summed E-state index contributed by atoms with van der Waals surface area (Å²) >= 11 is 0. The molecule has 0 amide bonds. The van der Waals surface area contributed by atoms with Crippen LogP contribution in [0.1, 0.15) is 25.8 Å². The van der Waals surface area contributed by atoms with E-state index in [1.54, 1.807) is 6.07 Å². The van der Waals surface area contributed by atoms with Crippen molar-refractivity contribution in [3.8, 4) is 11.5 Å². The van der Waals surface area contributed by atoms with E-state index in [0.717, 1.165) is 24.3 Å². The Kier molecular flexibility index (Phi) is 4.98. The van der Waals surface area contributed by atoms with Gasteiger partial charge in [0.05, 0.1) is 6.61 Å². The Morgan fingerprint density at radius 2 is 2.13 bits per heavy atom. The molecule has 0 saturated heterocycles. The van der Waals surface area contributed by atoms with Crippen LogP contribution in [0.15, 0.2) is 18.2 Å².